The molecule has 2 N–H and O–H groups in total. The maximum absolute atomic E-state index is 12.2. The quantitative estimate of drug-likeness (QED) is 0.807. The van der Waals surface area contributed by atoms with E-state index in [0.717, 1.165) is 5.69 Å². The van der Waals surface area contributed by atoms with E-state index in [1.54, 1.807) is 17.8 Å². The predicted octanol–water partition coefficient (Wildman–Crippen LogP) is 2.16. The van der Waals surface area contributed by atoms with Gasteiger partial charge in [0.1, 0.15) is 5.69 Å². The fourth-order valence-corrected chi connectivity index (χ4v) is 2.35. The molecule has 0 atom stereocenters. The van der Waals surface area contributed by atoms with Crippen molar-refractivity contribution >= 4 is 11.9 Å². The van der Waals surface area contributed by atoms with Crippen molar-refractivity contribution in [2.45, 2.75) is 46.5 Å². The summed E-state index contributed by atoms with van der Waals surface area (Å²) in [6.07, 6.45) is 0.942. The zero-order chi connectivity index (χ0) is 16.2. The zero-order valence-corrected chi connectivity index (χ0v) is 13.4. The Morgan fingerprint density at radius 3 is 2.33 bits per heavy atom. The zero-order valence-electron chi connectivity index (χ0n) is 13.4. The van der Waals surface area contributed by atoms with Crippen LogP contribution >= 0.6 is 0 Å². The van der Waals surface area contributed by atoms with Crippen LogP contribution in [0.4, 0.5) is 0 Å². The minimum absolute atomic E-state index is 0.113. The van der Waals surface area contributed by atoms with E-state index in [1.165, 1.54) is 0 Å². The van der Waals surface area contributed by atoms with Crippen molar-refractivity contribution in [3.63, 3.8) is 0 Å². The molecule has 0 unspecified atom stereocenters. The third-order valence-electron chi connectivity index (χ3n) is 4.13. The number of carboxylic acid groups (broad SMARTS) is 1. The number of carbonyl (C=O) groups is 2. The number of hydrogen-bond acceptors (Lipinski definition) is 3. The van der Waals surface area contributed by atoms with Crippen LogP contribution in [0.5, 0.6) is 0 Å². The van der Waals surface area contributed by atoms with Gasteiger partial charge in [0, 0.05) is 19.3 Å². The molecule has 1 aromatic rings. The summed E-state index contributed by atoms with van der Waals surface area (Å²) in [5.74, 6) is -0.935. The molecule has 6 heteroatoms. The van der Waals surface area contributed by atoms with E-state index in [2.05, 4.69) is 10.4 Å². The smallest absolute Gasteiger partial charge is 0.311 e. The second kappa shape index (κ2) is 6.74. The minimum Gasteiger partial charge on any atom is -0.481 e. The van der Waals surface area contributed by atoms with Gasteiger partial charge in [0.2, 0.25) is 0 Å². The molecule has 0 aliphatic carbocycles. The Kier molecular flexibility index (Phi) is 5.52. The summed E-state index contributed by atoms with van der Waals surface area (Å²) < 4.78 is 1.68. The monoisotopic (exact) mass is 295 g/mol. The highest BCUT2D eigenvalue weighted by molar-refractivity contribution is 5.92. The minimum atomic E-state index is -0.911. The molecule has 0 bridgehead atoms. The highest BCUT2D eigenvalue weighted by Crippen LogP contribution is 2.25. The molecule has 1 heterocycles. The molecule has 0 radical (unpaired) electrons. The van der Waals surface area contributed by atoms with Crippen molar-refractivity contribution in [3.05, 3.63) is 17.5 Å². The topological polar surface area (TPSA) is 84.2 Å². The summed E-state index contributed by atoms with van der Waals surface area (Å²) in [7, 11) is 1.80. The number of nitrogens with one attached hydrogen (secondary N) is 1. The largest absolute Gasteiger partial charge is 0.481 e. The summed E-state index contributed by atoms with van der Waals surface area (Å²) in [6, 6.07) is 1.75. The van der Waals surface area contributed by atoms with Crippen LogP contribution in [0.25, 0.3) is 0 Å². The molecule has 6 nitrogen and oxygen atoms in total. The van der Waals surface area contributed by atoms with Crippen LogP contribution < -0.4 is 5.32 Å². The third kappa shape index (κ3) is 3.62. The molecule has 0 aliphatic heterocycles. The molecule has 0 saturated carbocycles. The van der Waals surface area contributed by atoms with Crippen LogP contribution in [0, 0.1) is 5.41 Å². The third-order valence-corrected chi connectivity index (χ3v) is 4.13. The second-order valence-electron chi connectivity index (χ2n) is 5.71. The Labute approximate surface area is 125 Å². The van der Waals surface area contributed by atoms with Crippen LogP contribution in [0.15, 0.2) is 6.07 Å². The molecule has 1 amide bonds. The molecule has 1 rings (SSSR count). The first-order valence-electron chi connectivity index (χ1n) is 7.33. The number of aryl methyl sites for hydroxylation is 1. The van der Waals surface area contributed by atoms with Crippen LogP contribution in [0.3, 0.4) is 0 Å². The molecule has 21 heavy (non-hydrogen) atoms. The van der Waals surface area contributed by atoms with Gasteiger partial charge in [0.15, 0.2) is 0 Å². The highest BCUT2D eigenvalue weighted by atomic mass is 16.4. The SMILES string of the molecule is CCC(CC)(CNC(=O)c1cc(C(C)C)n(C)n1)C(=O)O. The van der Waals surface area contributed by atoms with Crippen molar-refractivity contribution in [3.8, 4) is 0 Å². The highest BCUT2D eigenvalue weighted by Gasteiger charge is 2.35. The van der Waals surface area contributed by atoms with Crippen LogP contribution in [0.1, 0.15) is 62.6 Å². The summed E-state index contributed by atoms with van der Waals surface area (Å²) in [5.41, 5.74) is 0.383. The van der Waals surface area contributed by atoms with Gasteiger partial charge in [-0.05, 0) is 24.8 Å². The lowest BCUT2D eigenvalue weighted by atomic mass is 9.82. The average Bonchev–Trinajstić information content (AvgIpc) is 2.82. The number of hydrogen-bond donors (Lipinski definition) is 2. The standard InChI is InChI=1S/C15H25N3O3/c1-6-15(7-2,14(20)21)9-16-13(19)11-8-12(10(3)4)18(5)17-11/h8,10H,6-7,9H2,1-5H3,(H,16,19)(H,20,21). The lowest BCUT2D eigenvalue weighted by Gasteiger charge is -2.26. The molecule has 0 saturated heterocycles. The maximum atomic E-state index is 12.2. The normalized spacial score (nSPS) is 11.7. The van der Waals surface area contributed by atoms with Crippen molar-refractivity contribution < 1.29 is 14.7 Å². The molecule has 1 aromatic heterocycles. The van der Waals surface area contributed by atoms with E-state index in [4.69, 9.17) is 0 Å². The van der Waals surface area contributed by atoms with Crippen LogP contribution in [-0.2, 0) is 11.8 Å². The van der Waals surface area contributed by atoms with Gasteiger partial charge < -0.3 is 10.4 Å². The molecular weight excluding hydrogens is 270 g/mol. The number of carboxylic acids is 1. The van der Waals surface area contributed by atoms with Crippen LogP contribution in [0.2, 0.25) is 0 Å². The number of carbonyl (C=O) groups excluding carboxylic acids is 1. The fraction of sp³-hybridized carbons (Fsp3) is 0.667. The van der Waals surface area contributed by atoms with Crippen molar-refractivity contribution in [1.82, 2.24) is 15.1 Å². The summed E-state index contributed by atoms with van der Waals surface area (Å²) >= 11 is 0. The van der Waals surface area contributed by atoms with Gasteiger partial charge in [-0.25, -0.2) is 0 Å². The Bertz CT molecular complexity index is 516. The molecule has 0 fully saturated rings. The summed E-state index contributed by atoms with van der Waals surface area (Å²) in [5, 5.41) is 16.3. The van der Waals surface area contributed by atoms with Crippen LogP contribution in [-0.4, -0.2) is 33.3 Å². The van der Waals surface area contributed by atoms with Gasteiger partial charge in [0.25, 0.3) is 5.91 Å². The van der Waals surface area contributed by atoms with E-state index < -0.39 is 11.4 Å². The number of amides is 1. The van der Waals surface area contributed by atoms with E-state index in [9.17, 15) is 14.7 Å². The maximum Gasteiger partial charge on any atom is 0.311 e. The predicted molar refractivity (Wildman–Crippen MR) is 80.3 cm³/mol. The van der Waals surface area contributed by atoms with Crippen molar-refractivity contribution in [2.75, 3.05) is 6.54 Å². The van der Waals surface area contributed by atoms with Gasteiger partial charge >= 0.3 is 5.97 Å². The molecule has 118 valence electrons. The number of aliphatic carboxylic acids is 1. The van der Waals surface area contributed by atoms with Gasteiger partial charge in [-0.3, -0.25) is 14.3 Å². The Morgan fingerprint density at radius 2 is 1.95 bits per heavy atom. The molecule has 0 aromatic carbocycles. The lowest BCUT2D eigenvalue weighted by molar-refractivity contribution is -0.149. The second-order valence-corrected chi connectivity index (χ2v) is 5.71. The van der Waals surface area contributed by atoms with Gasteiger partial charge in [0.05, 0.1) is 5.41 Å². The Morgan fingerprint density at radius 1 is 1.38 bits per heavy atom. The lowest BCUT2D eigenvalue weighted by Crippen LogP contribution is -2.42. The summed E-state index contributed by atoms with van der Waals surface area (Å²) in [6.45, 7) is 7.81. The Balaban J connectivity index is 2.82. The Hall–Kier alpha value is -1.85. The van der Waals surface area contributed by atoms with E-state index in [0.29, 0.717) is 18.5 Å². The number of rotatable bonds is 7. The molecular formula is C15H25N3O3. The number of nitrogens with zero attached hydrogens (tertiary/aromatic N) is 2. The van der Waals surface area contributed by atoms with Crippen molar-refractivity contribution in [1.29, 1.82) is 0 Å². The van der Waals surface area contributed by atoms with Gasteiger partial charge in [-0.1, -0.05) is 27.7 Å². The van der Waals surface area contributed by atoms with Gasteiger partial charge in [-0.15, -0.1) is 0 Å². The van der Waals surface area contributed by atoms with E-state index in [1.807, 2.05) is 27.7 Å². The first kappa shape index (κ1) is 17.2. The van der Waals surface area contributed by atoms with Crippen molar-refractivity contribution in [2.24, 2.45) is 12.5 Å². The first-order chi connectivity index (χ1) is 9.77. The molecule has 0 spiro atoms. The number of aromatic nitrogens is 2. The van der Waals surface area contributed by atoms with Gasteiger partial charge in [-0.2, -0.15) is 5.10 Å². The van der Waals surface area contributed by atoms with E-state index >= 15 is 0 Å². The molecule has 0 aliphatic rings. The fourth-order valence-electron chi connectivity index (χ4n) is 2.35. The summed E-state index contributed by atoms with van der Waals surface area (Å²) in [4.78, 5) is 23.6. The first-order valence-corrected chi connectivity index (χ1v) is 7.33. The average molecular weight is 295 g/mol. The van der Waals surface area contributed by atoms with E-state index in [-0.39, 0.29) is 18.4 Å².